The first kappa shape index (κ1) is 20.4. The number of rotatable bonds is 10. The number of carbonyl (C=O) groups is 2. The third-order valence-corrected chi connectivity index (χ3v) is 4.88. The summed E-state index contributed by atoms with van der Waals surface area (Å²) in [5.41, 5.74) is 0.596. The lowest BCUT2D eigenvalue weighted by Crippen LogP contribution is -2.21. The minimum absolute atomic E-state index is 0.122. The van der Waals surface area contributed by atoms with Gasteiger partial charge in [0.1, 0.15) is 17.3 Å². The molecule has 0 spiro atoms. The molecular formula is C19H21NO6S. The maximum absolute atomic E-state index is 12.0. The fourth-order valence-corrected chi connectivity index (χ4v) is 3.14. The Kier molecular flexibility index (Phi) is 7.81. The van der Waals surface area contributed by atoms with Crippen LogP contribution in [0.4, 0.5) is 5.69 Å². The largest absolute Gasteiger partial charge is 0.497 e. The number of benzene rings is 2. The van der Waals surface area contributed by atoms with E-state index in [0.717, 1.165) is 5.75 Å². The molecule has 0 heterocycles. The van der Waals surface area contributed by atoms with Gasteiger partial charge in [0.25, 0.3) is 0 Å². The first-order valence-corrected chi connectivity index (χ1v) is 9.72. The number of aromatic carboxylic acids is 1. The highest BCUT2D eigenvalue weighted by Gasteiger charge is 2.09. The van der Waals surface area contributed by atoms with E-state index in [1.807, 2.05) is 0 Å². The van der Waals surface area contributed by atoms with Crippen LogP contribution in [0.25, 0.3) is 0 Å². The molecule has 2 rings (SSSR count). The van der Waals surface area contributed by atoms with Crippen molar-refractivity contribution in [1.82, 2.24) is 0 Å². The van der Waals surface area contributed by atoms with E-state index < -0.39 is 16.8 Å². The Morgan fingerprint density at radius 1 is 1.04 bits per heavy atom. The molecule has 2 N–H and O–H groups in total. The van der Waals surface area contributed by atoms with Crippen LogP contribution in [0.3, 0.4) is 0 Å². The molecule has 0 aliphatic carbocycles. The molecule has 8 heteroatoms. The van der Waals surface area contributed by atoms with Crippen molar-refractivity contribution in [2.75, 3.05) is 30.5 Å². The first-order chi connectivity index (χ1) is 13.0. The number of anilines is 1. The maximum atomic E-state index is 12.0. The number of nitrogens with one attached hydrogen (secondary N) is 1. The van der Waals surface area contributed by atoms with E-state index in [1.165, 1.54) is 24.3 Å². The highest BCUT2D eigenvalue weighted by atomic mass is 32.2. The summed E-state index contributed by atoms with van der Waals surface area (Å²) in [5, 5.41) is 11.4. The lowest BCUT2D eigenvalue weighted by molar-refractivity contribution is -0.113. The standard InChI is InChI=1S/C19H21NO6S/c1-25-16-7-9-17(10-8-16)26-11-2-12-27(24)13-18(21)20-15-5-3-14(4-6-15)19(22)23/h3-10H,2,11-13H2,1H3,(H,20,21)(H,22,23). The van der Waals surface area contributed by atoms with Gasteiger partial charge in [0.2, 0.25) is 5.91 Å². The van der Waals surface area contributed by atoms with Crippen molar-refractivity contribution in [3.05, 3.63) is 54.1 Å². The number of ether oxygens (including phenoxy) is 2. The van der Waals surface area contributed by atoms with Crippen molar-refractivity contribution in [2.45, 2.75) is 6.42 Å². The van der Waals surface area contributed by atoms with Gasteiger partial charge in [0.05, 0.1) is 19.3 Å². The summed E-state index contributed by atoms with van der Waals surface area (Å²) in [5.74, 6) is 0.250. The average Bonchev–Trinajstić information content (AvgIpc) is 2.66. The summed E-state index contributed by atoms with van der Waals surface area (Å²) in [6.07, 6.45) is 0.555. The van der Waals surface area contributed by atoms with Crippen LogP contribution >= 0.6 is 0 Å². The van der Waals surface area contributed by atoms with E-state index in [1.54, 1.807) is 31.4 Å². The van der Waals surface area contributed by atoms with E-state index in [-0.39, 0.29) is 17.2 Å². The van der Waals surface area contributed by atoms with Gasteiger partial charge >= 0.3 is 5.97 Å². The lowest BCUT2D eigenvalue weighted by Gasteiger charge is -2.08. The molecular weight excluding hydrogens is 370 g/mol. The predicted molar refractivity (Wildman–Crippen MR) is 103 cm³/mol. The van der Waals surface area contributed by atoms with E-state index in [4.69, 9.17) is 14.6 Å². The van der Waals surface area contributed by atoms with E-state index in [2.05, 4.69) is 5.32 Å². The zero-order valence-corrected chi connectivity index (χ0v) is 15.7. The SMILES string of the molecule is COc1ccc(OCCCS(=O)CC(=O)Nc2ccc(C(=O)O)cc2)cc1. The molecule has 0 bridgehead atoms. The summed E-state index contributed by atoms with van der Waals surface area (Å²) < 4.78 is 22.6. The first-order valence-electron chi connectivity index (χ1n) is 8.23. The molecule has 0 fully saturated rings. The third-order valence-electron chi connectivity index (χ3n) is 3.55. The highest BCUT2D eigenvalue weighted by Crippen LogP contribution is 2.17. The number of hydrogen-bond acceptors (Lipinski definition) is 5. The van der Waals surface area contributed by atoms with Crippen LogP contribution in [0.1, 0.15) is 16.8 Å². The number of hydrogen-bond donors (Lipinski definition) is 2. The van der Waals surface area contributed by atoms with Gasteiger partial charge in [-0.15, -0.1) is 0 Å². The monoisotopic (exact) mass is 391 g/mol. The molecule has 0 aliphatic heterocycles. The third kappa shape index (κ3) is 7.10. The number of amides is 1. The fourth-order valence-electron chi connectivity index (χ4n) is 2.19. The normalized spacial score (nSPS) is 11.4. The molecule has 1 unspecified atom stereocenters. The maximum Gasteiger partial charge on any atom is 0.335 e. The quantitative estimate of drug-likeness (QED) is 0.604. The fraction of sp³-hybridized carbons (Fsp3) is 0.263. The van der Waals surface area contributed by atoms with E-state index in [0.29, 0.717) is 30.2 Å². The van der Waals surface area contributed by atoms with Crippen molar-refractivity contribution >= 4 is 28.4 Å². The molecule has 7 nitrogen and oxygen atoms in total. The van der Waals surface area contributed by atoms with Gasteiger partial charge in [-0.2, -0.15) is 0 Å². The topological polar surface area (TPSA) is 102 Å². The molecule has 2 aromatic carbocycles. The molecule has 1 amide bonds. The van der Waals surface area contributed by atoms with Crippen LogP contribution in [0.5, 0.6) is 11.5 Å². The Bertz CT molecular complexity index is 789. The van der Waals surface area contributed by atoms with Gasteiger partial charge in [-0.1, -0.05) is 0 Å². The number of carboxylic acids is 1. The summed E-state index contributed by atoms with van der Waals surface area (Å²) in [4.78, 5) is 22.7. The summed E-state index contributed by atoms with van der Waals surface area (Å²) >= 11 is 0. The number of methoxy groups -OCH3 is 1. The van der Waals surface area contributed by atoms with Gasteiger partial charge in [0, 0.05) is 22.2 Å². The summed E-state index contributed by atoms with van der Waals surface area (Å²) in [6.45, 7) is 0.399. The summed E-state index contributed by atoms with van der Waals surface area (Å²) in [6, 6.07) is 12.9. The Morgan fingerprint density at radius 3 is 2.26 bits per heavy atom. The predicted octanol–water partition coefficient (Wildman–Crippen LogP) is 2.55. The molecule has 1 atom stereocenters. The van der Waals surface area contributed by atoms with Crippen molar-refractivity contribution < 1.29 is 28.4 Å². The van der Waals surface area contributed by atoms with Crippen LogP contribution in [0.2, 0.25) is 0 Å². The van der Waals surface area contributed by atoms with Crippen LogP contribution in [0, 0.1) is 0 Å². The van der Waals surface area contributed by atoms with Crippen molar-refractivity contribution in [1.29, 1.82) is 0 Å². The van der Waals surface area contributed by atoms with Gasteiger partial charge < -0.3 is 19.9 Å². The van der Waals surface area contributed by atoms with Crippen molar-refractivity contribution in [2.24, 2.45) is 0 Å². The second-order valence-electron chi connectivity index (χ2n) is 5.60. The second kappa shape index (κ2) is 10.3. The summed E-state index contributed by atoms with van der Waals surface area (Å²) in [7, 11) is 0.285. The minimum Gasteiger partial charge on any atom is -0.497 e. The van der Waals surface area contributed by atoms with Crippen LogP contribution in [0.15, 0.2) is 48.5 Å². The van der Waals surface area contributed by atoms with Crippen LogP contribution in [-0.2, 0) is 15.6 Å². The highest BCUT2D eigenvalue weighted by molar-refractivity contribution is 7.85. The van der Waals surface area contributed by atoms with Crippen molar-refractivity contribution in [3.8, 4) is 11.5 Å². The minimum atomic E-state index is -1.30. The number of carboxylic acid groups (broad SMARTS) is 1. The molecule has 0 saturated heterocycles. The zero-order chi connectivity index (χ0) is 19.6. The Balaban J connectivity index is 1.67. The van der Waals surface area contributed by atoms with E-state index in [9.17, 15) is 13.8 Å². The Morgan fingerprint density at radius 2 is 1.67 bits per heavy atom. The molecule has 0 saturated carbocycles. The molecule has 2 aromatic rings. The van der Waals surface area contributed by atoms with Gasteiger partial charge in [-0.05, 0) is 55.0 Å². The molecule has 0 aliphatic rings. The second-order valence-corrected chi connectivity index (χ2v) is 7.17. The Hall–Kier alpha value is -2.87. The smallest absolute Gasteiger partial charge is 0.335 e. The number of carbonyl (C=O) groups excluding carboxylic acids is 1. The molecule has 144 valence electrons. The van der Waals surface area contributed by atoms with Crippen molar-refractivity contribution in [3.63, 3.8) is 0 Å². The van der Waals surface area contributed by atoms with Gasteiger partial charge in [-0.3, -0.25) is 9.00 Å². The average molecular weight is 391 g/mol. The zero-order valence-electron chi connectivity index (χ0n) is 14.8. The van der Waals surface area contributed by atoms with Gasteiger partial charge in [-0.25, -0.2) is 4.79 Å². The van der Waals surface area contributed by atoms with Crippen LogP contribution in [-0.4, -0.2) is 46.4 Å². The van der Waals surface area contributed by atoms with Gasteiger partial charge in [0.15, 0.2) is 0 Å². The lowest BCUT2D eigenvalue weighted by atomic mass is 10.2. The molecule has 27 heavy (non-hydrogen) atoms. The molecule has 0 aromatic heterocycles. The molecule has 0 radical (unpaired) electrons. The van der Waals surface area contributed by atoms with Crippen LogP contribution < -0.4 is 14.8 Å². The van der Waals surface area contributed by atoms with E-state index >= 15 is 0 Å². The Labute approximate surface area is 159 Å².